The summed E-state index contributed by atoms with van der Waals surface area (Å²) in [6, 6.07) is 7.77. The second kappa shape index (κ2) is 10.5. The van der Waals surface area contributed by atoms with Gasteiger partial charge in [-0.25, -0.2) is 29.1 Å². The number of ether oxygens (including phenoxy) is 4. The Balaban J connectivity index is 1.12. The SMILES string of the molecule is CN(Cc1cccc(F)c1)c1ncnc2c1ncn2[C@@H]1O[C@H](COC(=O)Nc2cnc3c(c2)OCO3)[C@@H](O)[C@H]1O. The summed E-state index contributed by atoms with van der Waals surface area (Å²) in [5.41, 5.74) is 1.83. The molecule has 40 heavy (non-hydrogen) atoms. The molecule has 1 saturated heterocycles. The zero-order chi connectivity index (χ0) is 27.8. The van der Waals surface area contributed by atoms with E-state index in [-0.39, 0.29) is 19.2 Å². The number of halogens is 1. The molecule has 208 valence electrons. The molecule has 2 aliphatic heterocycles. The van der Waals surface area contributed by atoms with Crippen molar-refractivity contribution in [1.82, 2.24) is 24.5 Å². The third-order valence-electron chi connectivity index (χ3n) is 6.47. The van der Waals surface area contributed by atoms with E-state index in [2.05, 4.69) is 25.3 Å². The molecule has 5 heterocycles. The number of fused-ring (bicyclic) bond motifs is 2. The van der Waals surface area contributed by atoms with E-state index in [1.54, 1.807) is 24.1 Å². The first-order chi connectivity index (χ1) is 19.4. The van der Waals surface area contributed by atoms with Gasteiger partial charge in [-0.1, -0.05) is 12.1 Å². The number of nitrogens with zero attached hydrogens (tertiary/aromatic N) is 6. The molecule has 4 aromatic rings. The molecule has 1 amide bonds. The maximum atomic E-state index is 13.6. The molecular formula is C25H24FN7O7. The number of pyridine rings is 1. The third-order valence-corrected chi connectivity index (χ3v) is 6.47. The maximum Gasteiger partial charge on any atom is 0.411 e. The van der Waals surface area contributed by atoms with Gasteiger partial charge in [0, 0.05) is 19.7 Å². The summed E-state index contributed by atoms with van der Waals surface area (Å²) in [6.07, 6.45) is -1.50. The fraction of sp³-hybridized carbons (Fsp3) is 0.320. The number of imidazole rings is 1. The van der Waals surface area contributed by atoms with E-state index in [9.17, 15) is 19.4 Å². The largest absolute Gasteiger partial charge is 0.452 e. The molecule has 0 bridgehead atoms. The lowest BCUT2D eigenvalue weighted by Crippen LogP contribution is -2.34. The Kier molecular flexibility index (Phi) is 6.75. The van der Waals surface area contributed by atoms with E-state index in [1.807, 2.05) is 0 Å². The van der Waals surface area contributed by atoms with Crippen LogP contribution in [0.3, 0.4) is 0 Å². The van der Waals surface area contributed by atoms with Gasteiger partial charge in [-0.3, -0.25) is 9.88 Å². The molecule has 1 fully saturated rings. The van der Waals surface area contributed by atoms with Crippen molar-refractivity contribution < 1.29 is 38.3 Å². The van der Waals surface area contributed by atoms with E-state index in [0.717, 1.165) is 5.56 Å². The third kappa shape index (κ3) is 4.92. The molecule has 4 atom stereocenters. The minimum atomic E-state index is -1.37. The number of anilines is 2. The Morgan fingerprint density at radius 1 is 1.20 bits per heavy atom. The van der Waals surface area contributed by atoms with Gasteiger partial charge in [0.05, 0.1) is 18.2 Å². The molecular weight excluding hydrogens is 529 g/mol. The number of benzene rings is 1. The Hall–Kier alpha value is -4.60. The molecule has 2 aliphatic rings. The molecule has 15 heteroatoms. The van der Waals surface area contributed by atoms with Crippen molar-refractivity contribution in [1.29, 1.82) is 0 Å². The first kappa shape index (κ1) is 25.7. The number of nitrogens with one attached hydrogen (secondary N) is 1. The fourth-order valence-corrected chi connectivity index (χ4v) is 4.56. The predicted octanol–water partition coefficient (Wildman–Crippen LogP) is 1.59. The molecule has 3 N–H and O–H groups in total. The van der Waals surface area contributed by atoms with E-state index < -0.39 is 30.6 Å². The minimum absolute atomic E-state index is 0.0434. The minimum Gasteiger partial charge on any atom is -0.452 e. The van der Waals surface area contributed by atoms with Gasteiger partial charge in [-0.2, -0.15) is 0 Å². The first-order valence-corrected chi connectivity index (χ1v) is 12.2. The highest BCUT2D eigenvalue weighted by atomic mass is 19.1. The number of hydrogen-bond donors (Lipinski definition) is 3. The summed E-state index contributed by atoms with van der Waals surface area (Å²) in [4.78, 5) is 31.1. The lowest BCUT2D eigenvalue weighted by Gasteiger charge is -2.19. The fourth-order valence-electron chi connectivity index (χ4n) is 4.56. The van der Waals surface area contributed by atoms with Gasteiger partial charge in [0.25, 0.3) is 5.88 Å². The summed E-state index contributed by atoms with van der Waals surface area (Å²) in [7, 11) is 1.79. The van der Waals surface area contributed by atoms with Crippen LogP contribution in [0.1, 0.15) is 11.8 Å². The highest BCUT2D eigenvalue weighted by molar-refractivity contribution is 5.85. The second-order valence-corrected chi connectivity index (χ2v) is 9.21. The molecule has 0 aliphatic carbocycles. The van der Waals surface area contributed by atoms with Crippen molar-refractivity contribution in [3.05, 3.63) is 60.6 Å². The Morgan fingerprint density at radius 2 is 2.08 bits per heavy atom. The van der Waals surface area contributed by atoms with Crippen LogP contribution >= 0.6 is 0 Å². The highest BCUT2D eigenvalue weighted by Gasteiger charge is 2.45. The zero-order valence-electron chi connectivity index (χ0n) is 21.0. The number of carbonyl (C=O) groups excluding carboxylic acids is 1. The number of hydrogen-bond acceptors (Lipinski definition) is 12. The Morgan fingerprint density at radius 3 is 2.92 bits per heavy atom. The van der Waals surface area contributed by atoms with Crippen molar-refractivity contribution in [2.75, 3.05) is 30.7 Å². The van der Waals surface area contributed by atoms with Gasteiger partial charge in [-0.05, 0) is 17.7 Å². The summed E-state index contributed by atoms with van der Waals surface area (Å²) < 4.78 is 36.5. The summed E-state index contributed by atoms with van der Waals surface area (Å²) in [6.45, 7) is 0.0609. The van der Waals surface area contributed by atoms with Crippen LogP contribution in [0.25, 0.3) is 11.2 Å². The quantitative estimate of drug-likeness (QED) is 0.303. The average Bonchev–Trinajstić information content (AvgIpc) is 3.65. The van der Waals surface area contributed by atoms with Crippen molar-refractivity contribution >= 4 is 28.8 Å². The van der Waals surface area contributed by atoms with Crippen molar-refractivity contribution in [2.45, 2.75) is 31.1 Å². The van der Waals surface area contributed by atoms with Crippen LogP contribution in [0.15, 0.2) is 49.2 Å². The molecule has 0 radical (unpaired) electrons. The molecule has 0 unspecified atom stereocenters. The van der Waals surface area contributed by atoms with E-state index in [4.69, 9.17) is 18.9 Å². The Bertz CT molecular complexity index is 1550. The smallest absolute Gasteiger partial charge is 0.411 e. The highest BCUT2D eigenvalue weighted by Crippen LogP contribution is 2.34. The number of aromatic nitrogens is 5. The van der Waals surface area contributed by atoms with Crippen molar-refractivity contribution in [3.8, 4) is 11.6 Å². The Labute approximate surface area is 225 Å². The lowest BCUT2D eigenvalue weighted by atomic mass is 10.1. The number of aliphatic hydroxyl groups is 2. The maximum absolute atomic E-state index is 13.6. The summed E-state index contributed by atoms with van der Waals surface area (Å²) >= 11 is 0. The topological polar surface area (TPSA) is 166 Å². The number of rotatable bonds is 7. The van der Waals surface area contributed by atoms with Gasteiger partial charge in [0.15, 0.2) is 29.0 Å². The van der Waals surface area contributed by atoms with E-state index in [1.165, 1.54) is 41.6 Å². The second-order valence-electron chi connectivity index (χ2n) is 9.21. The summed E-state index contributed by atoms with van der Waals surface area (Å²) in [5.74, 6) is 0.854. The molecule has 3 aromatic heterocycles. The van der Waals surface area contributed by atoms with Gasteiger partial charge >= 0.3 is 6.09 Å². The molecule has 6 rings (SSSR count). The normalized spacial score (nSPS) is 21.5. The van der Waals surface area contributed by atoms with Crippen LogP contribution in [0.2, 0.25) is 0 Å². The summed E-state index contributed by atoms with van der Waals surface area (Å²) in [5, 5.41) is 23.9. The number of amides is 1. The average molecular weight is 554 g/mol. The molecule has 1 aromatic carbocycles. The van der Waals surface area contributed by atoms with E-state index >= 15 is 0 Å². The lowest BCUT2D eigenvalue weighted by molar-refractivity contribution is -0.0522. The molecule has 14 nitrogen and oxygen atoms in total. The van der Waals surface area contributed by atoms with Gasteiger partial charge < -0.3 is 34.1 Å². The first-order valence-electron chi connectivity index (χ1n) is 12.2. The predicted molar refractivity (Wildman–Crippen MR) is 135 cm³/mol. The molecule has 0 spiro atoms. The van der Waals surface area contributed by atoms with Crippen molar-refractivity contribution in [3.63, 3.8) is 0 Å². The van der Waals surface area contributed by atoms with Crippen LogP contribution in [0.4, 0.5) is 20.7 Å². The standard InChI is InChI=1S/C25H24FN7O7/c1-32(8-13-3-2-4-14(26)5-13)21-18-22(29-10-28-21)33(11-30-18)24-20(35)19(34)17(40-24)9-37-25(36)31-15-6-16-23(27-7-15)39-12-38-16/h2-7,10-11,17,19-20,24,34-35H,8-9,12H2,1H3,(H,31,36)/t17-,19-,20-,24-/m1/s1. The van der Waals surface area contributed by atoms with Crippen molar-refractivity contribution in [2.24, 2.45) is 0 Å². The number of carbonyl (C=O) groups is 1. The van der Waals surface area contributed by atoms with Crippen LogP contribution in [0, 0.1) is 5.82 Å². The zero-order valence-corrected chi connectivity index (χ0v) is 21.0. The van der Waals surface area contributed by atoms with Gasteiger partial charge in [0.2, 0.25) is 6.79 Å². The monoisotopic (exact) mass is 553 g/mol. The van der Waals surface area contributed by atoms with Gasteiger partial charge in [0.1, 0.15) is 37.1 Å². The molecule has 0 saturated carbocycles. The van der Waals surface area contributed by atoms with Crippen LogP contribution in [-0.4, -0.2) is 79.6 Å². The van der Waals surface area contributed by atoms with Crippen LogP contribution < -0.4 is 19.7 Å². The van der Waals surface area contributed by atoms with Gasteiger partial charge in [-0.15, -0.1) is 0 Å². The number of aliphatic hydroxyl groups excluding tert-OH is 2. The van der Waals surface area contributed by atoms with Crippen LogP contribution in [-0.2, 0) is 16.0 Å². The van der Waals surface area contributed by atoms with E-state index in [0.29, 0.717) is 40.8 Å². The van der Waals surface area contributed by atoms with Crippen LogP contribution in [0.5, 0.6) is 11.6 Å².